The van der Waals surface area contributed by atoms with Gasteiger partial charge in [-0.2, -0.15) is 5.10 Å². The molecule has 1 fully saturated rings. The number of carbonyl (C=O) groups is 1. The van der Waals surface area contributed by atoms with E-state index in [1.54, 1.807) is 12.3 Å². The molecule has 1 aliphatic rings. The van der Waals surface area contributed by atoms with Crippen LogP contribution in [0.4, 0.5) is 0 Å². The first-order valence-electron chi connectivity index (χ1n) is 8.44. The van der Waals surface area contributed by atoms with Crippen molar-refractivity contribution in [2.45, 2.75) is 52.1 Å². The summed E-state index contributed by atoms with van der Waals surface area (Å²) in [6.45, 7) is 4.88. The molecule has 0 radical (unpaired) electrons. The quantitative estimate of drug-likeness (QED) is 0.921. The van der Waals surface area contributed by atoms with E-state index in [2.05, 4.69) is 27.0 Å². The van der Waals surface area contributed by atoms with E-state index < -0.39 is 0 Å². The second kappa shape index (κ2) is 7.34. The predicted molar refractivity (Wildman–Crippen MR) is 94.2 cm³/mol. The fraction of sp³-hybridized carbons (Fsp3) is 0.500. The van der Waals surface area contributed by atoms with Gasteiger partial charge in [0.05, 0.1) is 16.3 Å². The zero-order valence-corrected chi connectivity index (χ0v) is 14.9. The summed E-state index contributed by atoms with van der Waals surface area (Å²) >= 11 is 5.95. The van der Waals surface area contributed by atoms with E-state index in [1.165, 1.54) is 5.69 Å². The minimum Gasteiger partial charge on any atom is -0.349 e. The SMILES string of the molecule is Cc1ncc(Cl)cc1C(=O)N[C@H]1CC[C@H](Cn2nccc2C)CC1. The van der Waals surface area contributed by atoms with E-state index in [4.69, 9.17) is 11.6 Å². The molecule has 0 saturated heterocycles. The summed E-state index contributed by atoms with van der Waals surface area (Å²) in [7, 11) is 0. The predicted octanol–water partition coefficient (Wildman–Crippen LogP) is 3.54. The van der Waals surface area contributed by atoms with Gasteiger partial charge in [-0.05, 0) is 57.6 Å². The number of aryl methyl sites for hydroxylation is 2. The van der Waals surface area contributed by atoms with Crippen LogP contribution in [0.15, 0.2) is 24.5 Å². The van der Waals surface area contributed by atoms with Crippen LogP contribution in [0.1, 0.15) is 47.4 Å². The van der Waals surface area contributed by atoms with E-state index in [0.717, 1.165) is 32.2 Å². The second-order valence-electron chi connectivity index (χ2n) is 6.63. The molecular formula is C18H23ClN4O. The van der Waals surface area contributed by atoms with Gasteiger partial charge < -0.3 is 5.32 Å². The first kappa shape index (κ1) is 17.0. The molecule has 0 bridgehead atoms. The Labute approximate surface area is 147 Å². The van der Waals surface area contributed by atoms with E-state index in [9.17, 15) is 4.79 Å². The van der Waals surface area contributed by atoms with Crippen LogP contribution in [-0.2, 0) is 6.54 Å². The Morgan fingerprint density at radius 1 is 1.33 bits per heavy atom. The fourth-order valence-corrected chi connectivity index (χ4v) is 3.48. The van der Waals surface area contributed by atoms with E-state index in [-0.39, 0.29) is 11.9 Å². The molecular weight excluding hydrogens is 324 g/mol. The van der Waals surface area contributed by atoms with Gasteiger partial charge in [-0.15, -0.1) is 0 Å². The van der Waals surface area contributed by atoms with Gasteiger partial charge in [-0.1, -0.05) is 11.6 Å². The molecule has 1 saturated carbocycles. The van der Waals surface area contributed by atoms with E-state index in [0.29, 0.717) is 22.2 Å². The zero-order valence-electron chi connectivity index (χ0n) is 14.1. The third-order valence-corrected chi connectivity index (χ3v) is 5.05. The zero-order chi connectivity index (χ0) is 17.1. The number of nitrogens with zero attached hydrogens (tertiary/aromatic N) is 3. The smallest absolute Gasteiger partial charge is 0.253 e. The minimum absolute atomic E-state index is 0.0751. The molecule has 0 aliphatic heterocycles. The van der Waals surface area contributed by atoms with E-state index in [1.807, 2.05) is 19.2 Å². The summed E-state index contributed by atoms with van der Waals surface area (Å²) in [6, 6.07) is 3.95. The van der Waals surface area contributed by atoms with Gasteiger partial charge in [-0.25, -0.2) is 0 Å². The highest BCUT2D eigenvalue weighted by Crippen LogP contribution is 2.26. The van der Waals surface area contributed by atoms with Gasteiger partial charge >= 0.3 is 0 Å². The number of hydrogen-bond acceptors (Lipinski definition) is 3. The highest BCUT2D eigenvalue weighted by molar-refractivity contribution is 6.30. The largest absolute Gasteiger partial charge is 0.349 e. The van der Waals surface area contributed by atoms with Gasteiger partial charge in [0, 0.05) is 30.7 Å². The lowest BCUT2D eigenvalue weighted by molar-refractivity contribution is 0.0919. The summed E-state index contributed by atoms with van der Waals surface area (Å²) < 4.78 is 2.07. The summed E-state index contributed by atoms with van der Waals surface area (Å²) in [4.78, 5) is 16.6. The maximum Gasteiger partial charge on any atom is 0.253 e. The molecule has 1 aliphatic carbocycles. The van der Waals surface area contributed by atoms with Crippen molar-refractivity contribution in [2.75, 3.05) is 0 Å². The summed E-state index contributed by atoms with van der Waals surface area (Å²) in [5.74, 6) is 0.556. The molecule has 2 aromatic rings. The van der Waals surface area contributed by atoms with Gasteiger partial charge in [0.2, 0.25) is 0 Å². The summed E-state index contributed by atoms with van der Waals surface area (Å²) in [6.07, 6.45) is 7.64. The molecule has 0 unspecified atom stereocenters. The van der Waals surface area contributed by atoms with Crippen LogP contribution in [0, 0.1) is 19.8 Å². The van der Waals surface area contributed by atoms with Crippen LogP contribution < -0.4 is 5.32 Å². The highest BCUT2D eigenvalue weighted by atomic mass is 35.5. The molecule has 5 nitrogen and oxygen atoms in total. The van der Waals surface area contributed by atoms with Crippen molar-refractivity contribution in [3.05, 3.63) is 46.5 Å². The first-order chi connectivity index (χ1) is 11.5. The third kappa shape index (κ3) is 3.96. The van der Waals surface area contributed by atoms with Crippen LogP contribution >= 0.6 is 11.6 Å². The Bertz CT molecular complexity index is 720. The standard InChI is InChI=1S/C18H23ClN4O/c1-12-7-8-21-23(12)11-14-3-5-16(6-4-14)22-18(24)17-9-15(19)10-20-13(17)2/h7-10,14,16H,3-6,11H2,1-2H3,(H,22,24)/t14-,16-. The monoisotopic (exact) mass is 346 g/mol. The van der Waals surface area contributed by atoms with Gasteiger partial charge in [-0.3, -0.25) is 14.5 Å². The van der Waals surface area contributed by atoms with Crippen LogP contribution in [0.25, 0.3) is 0 Å². The number of carbonyl (C=O) groups excluding carboxylic acids is 1. The Balaban J connectivity index is 1.52. The minimum atomic E-state index is -0.0751. The molecule has 0 aromatic carbocycles. The van der Waals surface area contributed by atoms with Crippen LogP contribution in [-0.4, -0.2) is 26.7 Å². The van der Waals surface area contributed by atoms with Gasteiger partial charge in [0.25, 0.3) is 5.91 Å². The Morgan fingerprint density at radius 3 is 2.75 bits per heavy atom. The average Bonchev–Trinajstić information content (AvgIpc) is 2.96. The molecule has 6 heteroatoms. The number of pyridine rings is 1. The fourth-order valence-electron chi connectivity index (χ4n) is 3.32. The van der Waals surface area contributed by atoms with Crippen LogP contribution in [0.5, 0.6) is 0 Å². The lowest BCUT2D eigenvalue weighted by Crippen LogP contribution is -2.38. The number of hydrogen-bond donors (Lipinski definition) is 1. The summed E-state index contributed by atoms with van der Waals surface area (Å²) in [5, 5.41) is 7.99. The number of amides is 1. The van der Waals surface area contributed by atoms with Crippen molar-refractivity contribution in [1.29, 1.82) is 0 Å². The van der Waals surface area contributed by atoms with Gasteiger partial charge in [0.1, 0.15) is 0 Å². The Hall–Kier alpha value is -1.88. The van der Waals surface area contributed by atoms with Crippen LogP contribution in [0.3, 0.4) is 0 Å². The summed E-state index contributed by atoms with van der Waals surface area (Å²) in [5.41, 5.74) is 2.48. The second-order valence-corrected chi connectivity index (χ2v) is 7.07. The molecule has 2 heterocycles. The Kier molecular flexibility index (Phi) is 5.19. The van der Waals surface area contributed by atoms with Crippen LogP contribution in [0.2, 0.25) is 5.02 Å². The molecule has 24 heavy (non-hydrogen) atoms. The average molecular weight is 347 g/mol. The topological polar surface area (TPSA) is 59.8 Å². The van der Waals surface area contributed by atoms with Crippen molar-refractivity contribution < 1.29 is 4.79 Å². The van der Waals surface area contributed by atoms with Crippen molar-refractivity contribution >= 4 is 17.5 Å². The molecule has 2 aromatic heterocycles. The lowest BCUT2D eigenvalue weighted by Gasteiger charge is -2.29. The van der Waals surface area contributed by atoms with E-state index >= 15 is 0 Å². The number of aromatic nitrogens is 3. The number of rotatable bonds is 4. The molecule has 0 spiro atoms. The maximum absolute atomic E-state index is 12.4. The normalized spacial score (nSPS) is 20.8. The molecule has 128 valence electrons. The first-order valence-corrected chi connectivity index (χ1v) is 8.82. The molecule has 1 amide bonds. The highest BCUT2D eigenvalue weighted by Gasteiger charge is 2.24. The Morgan fingerprint density at radius 2 is 2.08 bits per heavy atom. The molecule has 0 atom stereocenters. The van der Waals surface area contributed by atoms with Crippen molar-refractivity contribution in [2.24, 2.45) is 5.92 Å². The number of nitrogens with one attached hydrogen (secondary N) is 1. The van der Waals surface area contributed by atoms with Crippen molar-refractivity contribution in [3.63, 3.8) is 0 Å². The lowest BCUT2D eigenvalue weighted by atomic mass is 9.86. The van der Waals surface area contributed by atoms with Gasteiger partial charge in [0.15, 0.2) is 0 Å². The maximum atomic E-state index is 12.4. The number of halogens is 1. The molecule has 3 rings (SSSR count). The third-order valence-electron chi connectivity index (χ3n) is 4.84. The van der Waals surface area contributed by atoms with Crippen molar-refractivity contribution in [1.82, 2.24) is 20.1 Å². The van der Waals surface area contributed by atoms with Crippen molar-refractivity contribution in [3.8, 4) is 0 Å². The molecule has 1 N–H and O–H groups in total.